The molecule has 14 heavy (non-hydrogen) atoms. The van der Waals surface area contributed by atoms with Gasteiger partial charge in [0.2, 0.25) is 0 Å². The lowest BCUT2D eigenvalue weighted by Crippen LogP contribution is -2.29. The summed E-state index contributed by atoms with van der Waals surface area (Å²) >= 11 is 0. The molecule has 76 valence electrons. The number of hydrogen-bond acceptors (Lipinski definition) is 2. The number of hydrogen-bond donors (Lipinski definition) is 2. The van der Waals surface area contributed by atoms with Crippen molar-refractivity contribution in [2.75, 3.05) is 0 Å². The molecule has 0 spiro atoms. The molecule has 0 atom stereocenters. The molecule has 4 heteroatoms. The molecule has 0 amide bonds. The van der Waals surface area contributed by atoms with E-state index in [0.717, 1.165) is 5.56 Å². The fourth-order valence-electron chi connectivity index (χ4n) is 1.35. The Labute approximate surface area is 84.1 Å². The van der Waals surface area contributed by atoms with Crippen LogP contribution in [0.1, 0.15) is 15.9 Å². The van der Waals surface area contributed by atoms with Gasteiger partial charge in [0.05, 0.1) is 5.56 Å². The Morgan fingerprint density at radius 3 is 2.43 bits per heavy atom. The van der Waals surface area contributed by atoms with Crippen molar-refractivity contribution < 1.29 is 14.7 Å². The second-order valence-electron chi connectivity index (χ2n) is 3.95. The summed E-state index contributed by atoms with van der Waals surface area (Å²) in [5, 5.41) is 8.90. The first-order chi connectivity index (χ1) is 6.40. The normalized spacial score (nSPS) is 11.4. The molecule has 3 nitrogen and oxygen atoms in total. The van der Waals surface area contributed by atoms with Crippen molar-refractivity contribution in [2.45, 2.75) is 19.1 Å². The van der Waals surface area contributed by atoms with E-state index in [1.54, 1.807) is 37.4 Å². The van der Waals surface area contributed by atoms with Gasteiger partial charge in [0.1, 0.15) is 0 Å². The van der Waals surface area contributed by atoms with E-state index in [0.29, 0.717) is 11.6 Å². The van der Waals surface area contributed by atoms with E-state index in [9.17, 15) is 9.59 Å². The zero-order chi connectivity index (χ0) is 10.8. The number of aromatic carboxylic acids is 1. The minimum absolute atomic E-state index is 0.294. The third-order valence-electron chi connectivity index (χ3n) is 1.87. The first-order valence-corrected chi connectivity index (χ1v) is 7.59. The van der Waals surface area contributed by atoms with Crippen LogP contribution in [0.2, 0.25) is 13.1 Å². The predicted octanol–water partition coefficient (Wildman–Crippen LogP) is 1.66. The second kappa shape index (κ2) is 3.94. The highest BCUT2D eigenvalue weighted by Gasteiger charge is 2.20. The van der Waals surface area contributed by atoms with Crippen LogP contribution < -0.4 is 0 Å². The van der Waals surface area contributed by atoms with Gasteiger partial charge in [0.25, 0.3) is 0 Å². The monoisotopic (exact) mass is 210 g/mol. The molecular weight excluding hydrogens is 196 g/mol. The molecule has 0 bridgehead atoms. The molecule has 0 aliphatic rings. The lowest BCUT2D eigenvalue weighted by Gasteiger charge is -2.15. The van der Waals surface area contributed by atoms with Crippen LogP contribution in [-0.4, -0.2) is 24.2 Å². The maximum atomic E-state index is 10.8. The van der Waals surface area contributed by atoms with Gasteiger partial charge in [0.15, 0.2) is 8.32 Å². The van der Waals surface area contributed by atoms with Gasteiger partial charge in [-0.25, -0.2) is 4.79 Å². The van der Waals surface area contributed by atoms with Crippen molar-refractivity contribution in [1.29, 1.82) is 0 Å². The standard InChI is InChI=1S/C10H14O3Si/c1-14(2,13)7-8-5-3-4-6-9(8)10(11)12/h3-6,13H,7H2,1-2H3,(H,11,12). The average Bonchev–Trinajstić information content (AvgIpc) is 2.01. The Kier molecular flexibility index (Phi) is 3.08. The zero-order valence-corrected chi connectivity index (χ0v) is 9.32. The molecule has 0 aromatic heterocycles. The molecule has 0 heterocycles. The minimum atomic E-state index is -2.24. The minimum Gasteiger partial charge on any atom is -0.478 e. The van der Waals surface area contributed by atoms with E-state index in [-0.39, 0.29) is 0 Å². The quantitative estimate of drug-likeness (QED) is 0.746. The van der Waals surface area contributed by atoms with Crippen LogP contribution >= 0.6 is 0 Å². The molecule has 0 aliphatic heterocycles. The van der Waals surface area contributed by atoms with E-state index < -0.39 is 14.3 Å². The Balaban J connectivity index is 3.02. The number of carbonyl (C=O) groups is 1. The molecule has 0 unspecified atom stereocenters. The van der Waals surface area contributed by atoms with Crippen molar-refractivity contribution >= 4 is 14.3 Å². The van der Waals surface area contributed by atoms with E-state index in [1.165, 1.54) is 0 Å². The molecule has 1 aromatic rings. The smallest absolute Gasteiger partial charge is 0.335 e. The number of rotatable bonds is 3. The fraction of sp³-hybridized carbons (Fsp3) is 0.300. The molecular formula is C10H14O3Si. The van der Waals surface area contributed by atoms with Crippen LogP contribution in [0.5, 0.6) is 0 Å². The van der Waals surface area contributed by atoms with Crippen molar-refractivity contribution in [1.82, 2.24) is 0 Å². The van der Waals surface area contributed by atoms with Crippen LogP contribution in [0.3, 0.4) is 0 Å². The third kappa shape index (κ3) is 2.97. The summed E-state index contributed by atoms with van der Waals surface area (Å²) in [7, 11) is -2.24. The third-order valence-corrected chi connectivity index (χ3v) is 3.12. The molecule has 2 N–H and O–H groups in total. The zero-order valence-electron chi connectivity index (χ0n) is 8.32. The van der Waals surface area contributed by atoms with Gasteiger partial charge in [0, 0.05) is 0 Å². The molecule has 1 rings (SSSR count). The first-order valence-electron chi connectivity index (χ1n) is 4.44. The summed E-state index contributed by atoms with van der Waals surface area (Å²) < 4.78 is 0. The van der Waals surface area contributed by atoms with Gasteiger partial charge in [-0.2, -0.15) is 0 Å². The highest BCUT2D eigenvalue weighted by Crippen LogP contribution is 2.14. The van der Waals surface area contributed by atoms with E-state index >= 15 is 0 Å². The van der Waals surface area contributed by atoms with Crippen LogP contribution in [0.4, 0.5) is 0 Å². The number of carboxylic acid groups (broad SMARTS) is 1. The molecule has 1 aromatic carbocycles. The van der Waals surface area contributed by atoms with Crippen molar-refractivity contribution in [2.24, 2.45) is 0 Å². The maximum Gasteiger partial charge on any atom is 0.335 e. The first kappa shape index (κ1) is 10.9. The van der Waals surface area contributed by atoms with E-state index in [2.05, 4.69) is 0 Å². The second-order valence-corrected chi connectivity index (χ2v) is 7.93. The van der Waals surface area contributed by atoms with Crippen LogP contribution in [0.15, 0.2) is 24.3 Å². The molecule has 0 saturated carbocycles. The SMILES string of the molecule is C[Si](C)(O)Cc1ccccc1C(=O)O. The van der Waals surface area contributed by atoms with E-state index in [1.807, 2.05) is 0 Å². The Morgan fingerprint density at radius 1 is 1.36 bits per heavy atom. The van der Waals surface area contributed by atoms with Gasteiger partial charge in [-0.3, -0.25) is 0 Å². The van der Waals surface area contributed by atoms with Gasteiger partial charge in [-0.1, -0.05) is 18.2 Å². The van der Waals surface area contributed by atoms with Crippen molar-refractivity contribution in [3.05, 3.63) is 35.4 Å². The lowest BCUT2D eigenvalue weighted by molar-refractivity contribution is 0.0696. The van der Waals surface area contributed by atoms with Gasteiger partial charge in [-0.05, 0) is 30.8 Å². The van der Waals surface area contributed by atoms with Crippen LogP contribution in [-0.2, 0) is 6.04 Å². The molecule has 0 fully saturated rings. The number of benzene rings is 1. The summed E-state index contributed by atoms with van der Waals surface area (Å²) in [5.74, 6) is -0.932. The van der Waals surface area contributed by atoms with Gasteiger partial charge >= 0.3 is 5.97 Å². The Hall–Kier alpha value is -1.13. The summed E-state index contributed by atoms with van der Waals surface area (Å²) in [5.41, 5.74) is 1.02. The number of carboxylic acids is 1. The maximum absolute atomic E-state index is 10.8. The summed E-state index contributed by atoms with van der Waals surface area (Å²) in [6, 6.07) is 7.29. The Morgan fingerprint density at radius 2 is 1.93 bits per heavy atom. The van der Waals surface area contributed by atoms with Gasteiger partial charge in [-0.15, -0.1) is 0 Å². The predicted molar refractivity (Wildman–Crippen MR) is 56.8 cm³/mol. The van der Waals surface area contributed by atoms with Crippen molar-refractivity contribution in [3.63, 3.8) is 0 Å². The topological polar surface area (TPSA) is 57.5 Å². The Bertz CT molecular complexity index is 341. The molecule has 0 radical (unpaired) electrons. The average molecular weight is 210 g/mol. The summed E-state index contributed by atoms with van der Waals surface area (Å²) in [6.45, 7) is 3.59. The van der Waals surface area contributed by atoms with Crippen LogP contribution in [0, 0.1) is 0 Å². The largest absolute Gasteiger partial charge is 0.478 e. The van der Waals surface area contributed by atoms with Crippen molar-refractivity contribution in [3.8, 4) is 0 Å². The highest BCUT2D eigenvalue weighted by molar-refractivity contribution is 6.69. The van der Waals surface area contributed by atoms with Crippen LogP contribution in [0.25, 0.3) is 0 Å². The highest BCUT2D eigenvalue weighted by atomic mass is 28.4. The van der Waals surface area contributed by atoms with E-state index in [4.69, 9.17) is 5.11 Å². The lowest BCUT2D eigenvalue weighted by atomic mass is 10.1. The summed E-state index contributed by atoms with van der Waals surface area (Å²) in [4.78, 5) is 20.6. The summed E-state index contributed by atoms with van der Waals surface area (Å²) in [6.07, 6.45) is 0. The van der Waals surface area contributed by atoms with Gasteiger partial charge < -0.3 is 9.90 Å². The molecule has 0 aliphatic carbocycles. The fourth-order valence-corrected chi connectivity index (χ4v) is 2.59. The molecule has 0 saturated heterocycles.